The Bertz CT molecular complexity index is 1300. The van der Waals surface area contributed by atoms with Crippen molar-refractivity contribution < 1.29 is 0 Å². The molecule has 126 valence electrons. The summed E-state index contributed by atoms with van der Waals surface area (Å²) >= 11 is 0. The lowest BCUT2D eigenvalue weighted by molar-refractivity contribution is 0.882. The second-order valence-electron chi connectivity index (χ2n) is 5.67. The average Bonchev–Trinajstić information content (AvgIpc) is 3.26. The maximum Gasteiger partial charge on any atom is 0.286 e. The van der Waals surface area contributed by atoms with Crippen LogP contribution in [0.15, 0.2) is 65.7 Å². The fourth-order valence-corrected chi connectivity index (χ4v) is 2.86. The van der Waals surface area contributed by atoms with Crippen molar-refractivity contribution in [2.45, 2.75) is 0 Å². The number of benzene rings is 1. The number of nitrogens with two attached hydrogens (primary N) is 1. The van der Waals surface area contributed by atoms with Crippen molar-refractivity contribution in [2.24, 2.45) is 0 Å². The number of hydrogen-bond donors (Lipinski definition) is 1. The van der Waals surface area contributed by atoms with Gasteiger partial charge in [0.05, 0.1) is 11.9 Å². The van der Waals surface area contributed by atoms with Crippen LogP contribution in [0.2, 0.25) is 0 Å². The van der Waals surface area contributed by atoms with Crippen molar-refractivity contribution in [1.82, 2.24) is 34.0 Å². The summed E-state index contributed by atoms with van der Waals surface area (Å²) in [5.74, 6) is 6.71. The molecule has 5 rings (SSSR count). The summed E-state index contributed by atoms with van der Waals surface area (Å²) in [7, 11) is 0. The summed E-state index contributed by atoms with van der Waals surface area (Å²) in [5.41, 5.74) is 1.43. The van der Waals surface area contributed by atoms with Gasteiger partial charge in [-0.25, -0.2) is 9.36 Å². The fraction of sp³-hybridized carbons (Fsp3) is 0. The smallest absolute Gasteiger partial charge is 0.286 e. The Morgan fingerprint density at radius 2 is 1.81 bits per heavy atom. The first kappa shape index (κ1) is 14.3. The zero-order valence-electron chi connectivity index (χ0n) is 13.4. The summed E-state index contributed by atoms with van der Waals surface area (Å²) in [4.78, 5) is 21.6. The van der Waals surface area contributed by atoms with Gasteiger partial charge in [0.15, 0.2) is 5.65 Å². The molecule has 0 aliphatic heterocycles. The van der Waals surface area contributed by atoms with E-state index in [2.05, 4.69) is 20.2 Å². The van der Waals surface area contributed by atoms with Crippen molar-refractivity contribution >= 4 is 16.8 Å². The Balaban J connectivity index is 1.83. The molecule has 4 aromatic heterocycles. The summed E-state index contributed by atoms with van der Waals surface area (Å²) in [6.45, 7) is 0. The van der Waals surface area contributed by atoms with Gasteiger partial charge in [-0.3, -0.25) is 9.78 Å². The molecule has 0 saturated heterocycles. The molecule has 2 N–H and O–H groups in total. The highest BCUT2D eigenvalue weighted by Gasteiger charge is 2.19. The highest BCUT2D eigenvalue weighted by atomic mass is 16.1. The van der Waals surface area contributed by atoms with Gasteiger partial charge < -0.3 is 5.84 Å². The van der Waals surface area contributed by atoms with Gasteiger partial charge in [-0.05, 0) is 24.3 Å². The van der Waals surface area contributed by atoms with E-state index in [9.17, 15) is 4.79 Å². The number of rotatable bonds is 2. The molecular formula is C17H12N8O. The van der Waals surface area contributed by atoms with Gasteiger partial charge in [0, 0.05) is 6.20 Å². The van der Waals surface area contributed by atoms with Crippen molar-refractivity contribution in [2.75, 3.05) is 5.84 Å². The maximum atomic E-state index is 12.8. The normalized spacial score (nSPS) is 11.4. The molecule has 9 heteroatoms. The molecule has 0 amide bonds. The van der Waals surface area contributed by atoms with E-state index in [1.807, 2.05) is 36.4 Å². The Kier molecular flexibility index (Phi) is 2.89. The molecule has 0 fully saturated rings. The minimum atomic E-state index is -0.339. The quantitative estimate of drug-likeness (QED) is 0.479. The highest BCUT2D eigenvalue weighted by Crippen LogP contribution is 2.17. The van der Waals surface area contributed by atoms with Crippen LogP contribution in [-0.2, 0) is 0 Å². The molecule has 1 aromatic carbocycles. The average molecular weight is 344 g/mol. The van der Waals surface area contributed by atoms with Crippen molar-refractivity contribution in [3.8, 4) is 17.2 Å². The van der Waals surface area contributed by atoms with Crippen molar-refractivity contribution in [1.29, 1.82) is 0 Å². The molecule has 0 aliphatic rings. The third kappa shape index (κ3) is 1.94. The SMILES string of the molecule is Nn1c(-c2ccccn2)nn2c(=O)c3cnn(-c4ccccc4)c3nc12. The van der Waals surface area contributed by atoms with Crippen LogP contribution in [0.25, 0.3) is 34.0 Å². The van der Waals surface area contributed by atoms with Crippen LogP contribution in [0.3, 0.4) is 0 Å². The predicted octanol–water partition coefficient (Wildman–Crippen LogP) is 1.01. The largest absolute Gasteiger partial charge is 0.334 e. The van der Waals surface area contributed by atoms with Gasteiger partial charge in [0.2, 0.25) is 5.82 Å². The lowest BCUT2D eigenvalue weighted by atomic mass is 10.3. The lowest BCUT2D eigenvalue weighted by Gasteiger charge is -2.02. The standard InChI is InChI=1S/C17H12N8O/c18-23-15(13-8-4-5-9-19-13)22-25-16(26)12-10-20-24(14(12)21-17(23)25)11-6-2-1-3-7-11/h1-10H,18H2. The minimum Gasteiger partial charge on any atom is -0.334 e. The maximum absolute atomic E-state index is 12.8. The molecule has 9 nitrogen and oxygen atoms in total. The summed E-state index contributed by atoms with van der Waals surface area (Å²) in [6, 6.07) is 14.8. The number of fused-ring (bicyclic) bond motifs is 2. The number of nitrogen functional groups attached to an aromatic ring is 1. The number of para-hydroxylation sites is 1. The summed E-state index contributed by atoms with van der Waals surface area (Å²) in [5, 5.41) is 8.94. The number of hydrogen-bond acceptors (Lipinski definition) is 6. The third-order valence-corrected chi connectivity index (χ3v) is 4.10. The van der Waals surface area contributed by atoms with E-state index in [-0.39, 0.29) is 11.3 Å². The first-order valence-electron chi connectivity index (χ1n) is 7.85. The molecule has 0 aliphatic carbocycles. The molecular weight excluding hydrogens is 332 g/mol. The number of aromatic nitrogens is 7. The van der Waals surface area contributed by atoms with Crippen molar-refractivity contribution in [3.63, 3.8) is 0 Å². The highest BCUT2D eigenvalue weighted by molar-refractivity contribution is 5.77. The summed E-state index contributed by atoms with van der Waals surface area (Å²) in [6.07, 6.45) is 3.12. The Morgan fingerprint density at radius 1 is 1.00 bits per heavy atom. The molecule has 0 unspecified atom stereocenters. The number of pyridine rings is 1. The van der Waals surface area contributed by atoms with Gasteiger partial charge in [-0.1, -0.05) is 24.3 Å². The Morgan fingerprint density at radius 3 is 2.58 bits per heavy atom. The zero-order chi connectivity index (χ0) is 17.7. The summed E-state index contributed by atoms with van der Waals surface area (Å²) < 4.78 is 4.03. The van der Waals surface area contributed by atoms with E-state index in [0.717, 1.165) is 5.69 Å². The van der Waals surface area contributed by atoms with Crippen LogP contribution in [-0.4, -0.2) is 34.0 Å². The van der Waals surface area contributed by atoms with Crippen LogP contribution < -0.4 is 11.4 Å². The van der Waals surface area contributed by atoms with Gasteiger partial charge >= 0.3 is 0 Å². The van der Waals surface area contributed by atoms with Crippen LogP contribution in [0.4, 0.5) is 0 Å². The Hall–Kier alpha value is -4.01. The molecule has 0 atom stereocenters. The first-order chi connectivity index (χ1) is 12.7. The fourth-order valence-electron chi connectivity index (χ4n) is 2.86. The zero-order valence-corrected chi connectivity index (χ0v) is 13.4. The monoisotopic (exact) mass is 344 g/mol. The van der Waals surface area contributed by atoms with E-state index in [1.165, 1.54) is 15.4 Å². The lowest BCUT2D eigenvalue weighted by Crippen LogP contribution is -2.18. The van der Waals surface area contributed by atoms with Gasteiger partial charge in [0.25, 0.3) is 11.3 Å². The second-order valence-corrected chi connectivity index (χ2v) is 5.67. The Labute approximate surface area is 145 Å². The molecule has 4 heterocycles. The van der Waals surface area contributed by atoms with Crippen LogP contribution in [0.5, 0.6) is 0 Å². The third-order valence-electron chi connectivity index (χ3n) is 4.10. The predicted molar refractivity (Wildman–Crippen MR) is 95.3 cm³/mol. The molecule has 5 aromatic rings. The van der Waals surface area contributed by atoms with E-state index < -0.39 is 0 Å². The van der Waals surface area contributed by atoms with E-state index in [0.29, 0.717) is 22.6 Å². The first-order valence-corrected chi connectivity index (χ1v) is 7.85. The van der Waals surface area contributed by atoms with Gasteiger partial charge in [-0.15, -0.1) is 5.10 Å². The second kappa shape index (κ2) is 5.24. The van der Waals surface area contributed by atoms with Crippen LogP contribution in [0.1, 0.15) is 0 Å². The molecule has 26 heavy (non-hydrogen) atoms. The van der Waals surface area contributed by atoms with Gasteiger partial charge in [0.1, 0.15) is 11.1 Å². The molecule has 0 spiro atoms. The molecule has 0 bridgehead atoms. The number of nitrogens with zero attached hydrogens (tertiary/aromatic N) is 7. The minimum absolute atomic E-state index is 0.209. The van der Waals surface area contributed by atoms with E-state index in [1.54, 1.807) is 23.0 Å². The van der Waals surface area contributed by atoms with Crippen molar-refractivity contribution in [3.05, 3.63) is 71.3 Å². The topological polar surface area (TPSA) is 109 Å². The van der Waals surface area contributed by atoms with Crippen LogP contribution in [0, 0.1) is 0 Å². The molecule has 0 radical (unpaired) electrons. The van der Waals surface area contributed by atoms with E-state index in [4.69, 9.17) is 5.84 Å². The van der Waals surface area contributed by atoms with Crippen LogP contribution >= 0.6 is 0 Å². The molecule has 0 saturated carbocycles. The van der Waals surface area contributed by atoms with E-state index >= 15 is 0 Å². The van der Waals surface area contributed by atoms with Gasteiger partial charge in [-0.2, -0.15) is 14.6 Å².